The molecule has 1 fully saturated rings. The van der Waals surface area contributed by atoms with Gasteiger partial charge in [0, 0.05) is 6.54 Å². The van der Waals surface area contributed by atoms with Gasteiger partial charge in [-0.2, -0.15) is 0 Å². The summed E-state index contributed by atoms with van der Waals surface area (Å²) in [6.45, 7) is 6.62. The number of carbonyl (C=O) groups excluding carboxylic acids is 1. The molecule has 2 heterocycles. The van der Waals surface area contributed by atoms with Gasteiger partial charge in [0.15, 0.2) is 11.5 Å². The fraction of sp³-hybridized carbons (Fsp3) is 0.381. The van der Waals surface area contributed by atoms with Crippen molar-refractivity contribution in [2.24, 2.45) is 0 Å². The van der Waals surface area contributed by atoms with Crippen molar-refractivity contribution in [3.05, 3.63) is 59.7 Å². The van der Waals surface area contributed by atoms with E-state index in [1.165, 1.54) is 5.56 Å². The molecule has 1 saturated heterocycles. The van der Waals surface area contributed by atoms with Crippen molar-refractivity contribution in [2.75, 3.05) is 6.79 Å². The maximum absolute atomic E-state index is 12.7. The minimum atomic E-state index is -0.502. The molecule has 0 aliphatic carbocycles. The maximum atomic E-state index is 12.7. The minimum Gasteiger partial charge on any atom is -0.459 e. The summed E-state index contributed by atoms with van der Waals surface area (Å²) in [6, 6.07) is 15.7. The van der Waals surface area contributed by atoms with E-state index in [0.29, 0.717) is 6.54 Å². The van der Waals surface area contributed by atoms with Gasteiger partial charge in [0.25, 0.3) is 0 Å². The first-order valence-electron chi connectivity index (χ1n) is 8.84. The predicted octanol–water partition coefficient (Wildman–Crippen LogP) is 3.68. The monoisotopic (exact) mass is 353 g/mol. The van der Waals surface area contributed by atoms with Crippen LogP contribution in [0.2, 0.25) is 0 Å². The average molecular weight is 353 g/mol. The Labute approximate surface area is 153 Å². The third-order valence-corrected chi connectivity index (χ3v) is 4.52. The quantitative estimate of drug-likeness (QED) is 0.620. The van der Waals surface area contributed by atoms with Crippen molar-refractivity contribution in [1.29, 1.82) is 0 Å². The Morgan fingerprint density at radius 3 is 2.58 bits per heavy atom. The molecule has 0 radical (unpaired) electrons. The Morgan fingerprint density at radius 1 is 1.12 bits per heavy atom. The number of nitrogens with zero attached hydrogens (tertiary/aromatic N) is 1. The van der Waals surface area contributed by atoms with Gasteiger partial charge in [-0.25, -0.2) is 0 Å². The second kappa shape index (κ2) is 6.32. The first kappa shape index (κ1) is 16.9. The lowest BCUT2D eigenvalue weighted by atomic mass is 10.1. The zero-order valence-electron chi connectivity index (χ0n) is 15.3. The molecule has 5 heteroatoms. The molecule has 0 saturated carbocycles. The number of rotatable bonds is 4. The number of benzene rings is 2. The highest BCUT2D eigenvalue weighted by Gasteiger charge is 2.55. The molecule has 2 aromatic rings. The van der Waals surface area contributed by atoms with Crippen molar-refractivity contribution in [3.63, 3.8) is 0 Å². The molecule has 3 atom stereocenters. The van der Waals surface area contributed by atoms with Crippen LogP contribution in [0.25, 0.3) is 0 Å². The summed E-state index contributed by atoms with van der Waals surface area (Å²) in [5, 5.41) is 0. The molecule has 0 amide bonds. The zero-order valence-corrected chi connectivity index (χ0v) is 15.3. The molecular formula is C21H23NO4. The Bertz CT molecular complexity index is 813. The van der Waals surface area contributed by atoms with Crippen molar-refractivity contribution in [3.8, 4) is 11.5 Å². The van der Waals surface area contributed by atoms with Crippen molar-refractivity contribution in [1.82, 2.24) is 4.90 Å². The second-order valence-corrected chi connectivity index (χ2v) is 7.69. The first-order valence-corrected chi connectivity index (χ1v) is 8.84. The summed E-state index contributed by atoms with van der Waals surface area (Å²) >= 11 is 0. The number of esters is 1. The van der Waals surface area contributed by atoms with Gasteiger partial charge in [-0.3, -0.25) is 9.69 Å². The highest BCUT2D eigenvalue weighted by Crippen LogP contribution is 2.47. The largest absolute Gasteiger partial charge is 0.459 e. The van der Waals surface area contributed by atoms with E-state index in [-0.39, 0.29) is 24.8 Å². The molecule has 5 nitrogen and oxygen atoms in total. The lowest BCUT2D eigenvalue weighted by Gasteiger charge is -2.19. The van der Waals surface area contributed by atoms with Crippen molar-refractivity contribution < 1.29 is 19.0 Å². The Hall–Kier alpha value is -2.53. The second-order valence-electron chi connectivity index (χ2n) is 7.69. The van der Waals surface area contributed by atoms with E-state index in [4.69, 9.17) is 14.2 Å². The van der Waals surface area contributed by atoms with Gasteiger partial charge in [0.1, 0.15) is 11.6 Å². The smallest absolute Gasteiger partial charge is 0.325 e. The average Bonchev–Trinajstić information content (AvgIpc) is 3.09. The number of fused-ring (bicyclic) bond motifs is 1. The lowest BCUT2D eigenvalue weighted by molar-refractivity contribution is -0.155. The van der Waals surface area contributed by atoms with Crippen LogP contribution in [0.5, 0.6) is 11.5 Å². The molecule has 0 spiro atoms. The van der Waals surface area contributed by atoms with Crippen LogP contribution in [0, 0.1) is 0 Å². The predicted molar refractivity (Wildman–Crippen MR) is 96.9 cm³/mol. The molecule has 136 valence electrons. The fourth-order valence-corrected chi connectivity index (χ4v) is 3.36. The van der Waals surface area contributed by atoms with Crippen LogP contribution in [-0.2, 0) is 16.1 Å². The SMILES string of the molecule is CC(C)(C)OC(=O)[C@H]1[C@@H](c2ccc3c(c2)OCO3)N1Cc1ccccc1. The van der Waals surface area contributed by atoms with Crippen LogP contribution in [0.1, 0.15) is 37.9 Å². The summed E-state index contributed by atoms with van der Waals surface area (Å²) in [6.07, 6.45) is 0. The van der Waals surface area contributed by atoms with Crippen LogP contribution in [0.15, 0.2) is 48.5 Å². The summed E-state index contributed by atoms with van der Waals surface area (Å²) in [4.78, 5) is 14.9. The van der Waals surface area contributed by atoms with Crippen LogP contribution in [0.4, 0.5) is 0 Å². The standard InChI is InChI=1S/C21H23NO4/c1-21(2,3)26-20(23)19-18(22(19)12-14-7-5-4-6-8-14)15-9-10-16-17(11-15)25-13-24-16/h4-11,18-19H,12-13H2,1-3H3/t18-,19-,22?/m1/s1. The van der Waals surface area contributed by atoms with Crippen LogP contribution < -0.4 is 9.47 Å². The van der Waals surface area contributed by atoms with Crippen LogP contribution >= 0.6 is 0 Å². The number of hydrogen-bond acceptors (Lipinski definition) is 5. The molecule has 2 aliphatic heterocycles. The van der Waals surface area contributed by atoms with Gasteiger partial charge in [-0.05, 0) is 44.0 Å². The number of ether oxygens (including phenoxy) is 3. The van der Waals surface area contributed by atoms with E-state index in [9.17, 15) is 4.79 Å². The van der Waals surface area contributed by atoms with E-state index >= 15 is 0 Å². The summed E-state index contributed by atoms with van der Waals surface area (Å²) < 4.78 is 16.5. The zero-order chi connectivity index (χ0) is 18.3. The van der Waals surface area contributed by atoms with Crippen LogP contribution in [0.3, 0.4) is 0 Å². The van der Waals surface area contributed by atoms with Crippen molar-refractivity contribution in [2.45, 2.75) is 45.0 Å². The van der Waals surface area contributed by atoms with Crippen LogP contribution in [-0.4, -0.2) is 29.3 Å². The molecule has 0 aromatic heterocycles. The molecular weight excluding hydrogens is 330 g/mol. The molecule has 4 rings (SSSR count). The van der Waals surface area contributed by atoms with Gasteiger partial charge < -0.3 is 14.2 Å². The normalized spacial score (nSPS) is 23.6. The van der Waals surface area contributed by atoms with E-state index in [1.54, 1.807) is 0 Å². The van der Waals surface area contributed by atoms with Gasteiger partial charge in [-0.15, -0.1) is 0 Å². The number of carbonyl (C=O) groups is 1. The van der Waals surface area contributed by atoms with Gasteiger partial charge in [-0.1, -0.05) is 36.4 Å². The summed E-state index contributed by atoms with van der Waals surface area (Å²) in [7, 11) is 0. The highest BCUT2D eigenvalue weighted by molar-refractivity contribution is 5.81. The van der Waals surface area contributed by atoms with Gasteiger partial charge >= 0.3 is 5.97 Å². The van der Waals surface area contributed by atoms with Crippen molar-refractivity contribution >= 4 is 5.97 Å². The third kappa shape index (κ3) is 3.40. The fourth-order valence-electron chi connectivity index (χ4n) is 3.36. The van der Waals surface area contributed by atoms with Gasteiger partial charge in [0.2, 0.25) is 6.79 Å². The van der Waals surface area contributed by atoms with E-state index in [1.807, 2.05) is 57.2 Å². The highest BCUT2D eigenvalue weighted by atomic mass is 16.7. The Balaban J connectivity index is 1.58. The Morgan fingerprint density at radius 2 is 1.85 bits per heavy atom. The molecule has 0 bridgehead atoms. The molecule has 26 heavy (non-hydrogen) atoms. The summed E-state index contributed by atoms with van der Waals surface area (Å²) in [5.74, 6) is 1.30. The topological polar surface area (TPSA) is 47.8 Å². The van der Waals surface area contributed by atoms with Gasteiger partial charge in [0.05, 0.1) is 6.04 Å². The maximum Gasteiger partial charge on any atom is 0.325 e. The number of hydrogen-bond donors (Lipinski definition) is 0. The third-order valence-electron chi connectivity index (χ3n) is 4.52. The molecule has 1 unspecified atom stereocenters. The van der Waals surface area contributed by atoms with E-state index < -0.39 is 5.60 Å². The summed E-state index contributed by atoms with van der Waals surface area (Å²) in [5.41, 5.74) is 1.71. The lowest BCUT2D eigenvalue weighted by Crippen LogP contribution is -2.28. The Kier molecular flexibility index (Phi) is 4.11. The first-order chi connectivity index (χ1) is 12.4. The minimum absolute atomic E-state index is 0.0143. The molecule has 0 N–H and O–H groups in total. The molecule has 2 aromatic carbocycles. The molecule has 2 aliphatic rings. The van der Waals surface area contributed by atoms with E-state index in [2.05, 4.69) is 17.0 Å². The van der Waals surface area contributed by atoms with E-state index in [0.717, 1.165) is 17.1 Å².